The summed E-state index contributed by atoms with van der Waals surface area (Å²) in [6, 6.07) is 5.54. The van der Waals surface area contributed by atoms with Gasteiger partial charge in [0, 0.05) is 25.1 Å². The van der Waals surface area contributed by atoms with Gasteiger partial charge in [-0.3, -0.25) is 0 Å². The monoisotopic (exact) mass is 269 g/mol. The summed E-state index contributed by atoms with van der Waals surface area (Å²) in [6.07, 6.45) is 1.88. The van der Waals surface area contributed by atoms with Gasteiger partial charge in [0.1, 0.15) is 0 Å². The molecule has 0 saturated heterocycles. The lowest BCUT2D eigenvalue weighted by molar-refractivity contribution is 0.0693. The molecule has 1 rings (SSSR count). The van der Waals surface area contributed by atoms with Gasteiger partial charge in [-0.05, 0) is 25.3 Å². The molecule has 0 spiro atoms. The summed E-state index contributed by atoms with van der Waals surface area (Å²) in [7, 11) is 1.88. The van der Waals surface area contributed by atoms with Gasteiger partial charge in [-0.2, -0.15) is 0 Å². The molecule has 0 saturated carbocycles. The van der Waals surface area contributed by atoms with Crippen molar-refractivity contribution in [1.82, 2.24) is 0 Å². The lowest BCUT2D eigenvalue weighted by Gasteiger charge is -2.22. The van der Waals surface area contributed by atoms with E-state index in [1.807, 2.05) is 43.3 Å². The zero-order valence-electron chi connectivity index (χ0n) is 11.0. The Labute approximate surface area is 112 Å². The van der Waals surface area contributed by atoms with Crippen LogP contribution >= 0.6 is 11.8 Å². The summed E-state index contributed by atoms with van der Waals surface area (Å²) in [6.45, 7) is 3.88. The summed E-state index contributed by atoms with van der Waals surface area (Å²) in [5, 5.41) is 9.33. The maximum atomic E-state index is 11.4. The lowest BCUT2D eigenvalue weighted by atomic mass is 10.1. The van der Waals surface area contributed by atoms with Gasteiger partial charge < -0.3 is 14.7 Å². The van der Waals surface area contributed by atoms with E-state index in [0.717, 1.165) is 10.6 Å². The SMILES string of the molecule is CCOCCN(C)c1cccc(SC)c1C(=O)O. The first kappa shape index (κ1) is 14.9. The van der Waals surface area contributed by atoms with Crippen molar-refractivity contribution < 1.29 is 14.6 Å². The summed E-state index contributed by atoms with van der Waals surface area (Å²) in [5.74, 6) is -0.891. The molecule has 1 aromatic carbocycles. The van der Waals surface area contributed by atoms with Crippen LogP contribution in [0.1, 0.15) is 17.3 Å². The zero-order chi connectivity index (χ0) is 13.5. The van der Waals surface area contributed by atoms with Crippen molar-refractivity contribution in [3.05, 3.63) is 23.8 Å². The Kier molecular flexibility index (Phi) is 6.01. The summed E-state index contributed by atoms with van der Waals surface area (Å²) < 4.78 is 5.29. The lowest BCUT2D eigenvalue weighted by Crippen LogP contribution is -2.24. The Hall–Kier alpha value is -1.20. The minimum absolute atomic E-state index is 0.365. The highest BCUT2D eigenvalue weighted by Gasteiger charge is 2.17. The molecule has 0 aliphatic rings. The topological polar surface area (TPSA) is 49.8 Å². The standard InChI is InChI=1S/C13H19NO3S/c1-4-17-9-8-14(2)10-6-5-7-11(18-3)12(10)13(15)16/h5-7H,4,8-9H2,1-3H3,(H,15,16). The van der Waals surface area contributed by atoms with Gasteiger partial charge in [0.2, 0.25) is 0 Å². The number of hydrogen-bond donors (Lipinski definition) is 1. The third-order valence-electron chi connectivity index (χ3n) is 2.62. The fourth-order valence-corrected chi connectivity index (χ4v) is 2.30. The summed E-state index contributed by atoms with van der Waals surface area (Å²) in [5.41, 5.74) is 1.10. The normalized spacial score (nSPS) is 10.4. The second-order valence-electron chi connectivity index (χ2n) is 3.78. The van der Waals surface area contributed by atoms with Crippen LogP contribution in [0, 0.1) is 0 Å². The van der Waals surface area contributed by atoms with Crippen LogP contribution in [-0.4, -0.2) is 44.1 Å². The second kappa shape index (κ2) is 7.28. The average molecular weight is 269 g/mol. The first-order valence-electron chi connectivity index (χ1n) is 5.81. The molecule has 0 unspecified atom stereocenters. The number of likely N-dealkylation sites (N-methyl/N-ethyl adjacent to an activating group) is 1. The van der Waals surface area contributed by atoms with Gasteiger partial charge in [0.25, 0.3) is 0 Å². The number of thioether (sulfide) groups is 1. The first-order chi connectivity index (χ1) is 8.61. The quantitative estimate of drug-likeness (QED) is 0.609. The van der Waals surface area contributed by atoms with Crippen LogP contribution in [-0.2, 0) is 4.74 Å². The van der Waals surface area contributed by atoms with Crippen LogP contribution in [0.15, 0.2) is 23.1 Å². The van der Waals surface area contributed by atoms with Gasteiger partial charge in [0.05, 0.1) is 17.9 Å². The average Bonchev–Trinajstić information content (AvgIpc) is 2.37. The van der Waals surface area contributed by atoms with Crippen LogP contribution in [0.2, 0.25) is 0 Å². The second-order valence-corrected chi connectivity index (χ2v) is 4.63. The number of anilines is 1. The van der Waals surface area contributed by atoms with Crippen molar-refractivity contribution in [3.63, 3.8) is 0 Å². The molecule has 0 atom stereocenters. The molecule has 0 amide bonds. The van der Waals surface area contributed by atoms with E-state index >= 15 is 0 Å². The van der Waals surface area contributed by atoms with Gasteiger partial charge in [0.15, 0.2) is 0 Å². The van der Waals surface area contributed by atoms with Crippen molar-refractivity contribution in [3.8, 4) is 0 Å². The Morgan fingerprint density at radius 1 is 1.50 bits per heavy atom. The maximum Gasteiger partial charge on any atom is 0.338 e. The maximum absolute atomic E-state index is 11.4. The highest BCUT2D eigenvalue weighted by Crippen LogP contribution is 2.29. The summed E-state index contributed by atoms with van der Waals surface area (Å²) >= 11 is 1.44. The van der Waals surface area contributed by atoms with Gasteiger partial charge in [-0.1, -0.05) is 6.07 Å². The molecule has 0 bridgehead atoms. The molecule has 0 radical (unpaired) electrons. The molecule has 100 valence electrons. The first-order valence-corrected chi connectivity index (χ1v) is 7.03. The van der Waals surface area contributed by atoms with E-state index in [4.69, 9.17) is 4.74 Å². The van der Waals surface area contributed by atoms with E-state index in [9.17, 15) is 9.90 Å². The number of ether oxygens (including phenoxy) is 1. The van der Waals surface area contributed by atoms with E-state index in [2.05, 4.69) is 0 Å². The summed E-state index contributed by atoms with van der Waals surface area (Å²) in [4.78, 5) is 14.1. The molecule has 18 heavy (non-hydrogen) atoms. The van der Waals surface area contributed by atoms with E-state index in [1.165, 1.54) is 11.8 Å². The molecule has 4 nitrogen and oxygen atoms in total. The molecule has 5 heteroatoms. The third kappa shape index (κ3) is 3.65. The van der Waals surface area contributed by atoms with Crippen LogP contribution < -0.4 is 4.90 Å². The fourth-order valence-electron chi connectivity index (χ4n) is 1.69. The van der Waals surface area contributed by atoms with E-state index < -0.39 is 5.97 Å². The largest absolute Gasteiger partial charge is 0.478 e. The number of carboxylic acids is 1. The van der Waals surface area contributed by atoms with Crippen LogP contribution in [0.25, 0.3) is 0 Å². The smallest absolute Gasteiger partial charge is 0.338 e. The van der Waals surface area contributed by atoms with Crippen molar-refractivity contribution in [1.29, 1.82) is 0 Å². The Morgan fingerprint density at radius 3 is 2.78 bits per heavy atom. The van der Waals surface area contributed by atoms with E-state index in [-0.39, 0.29) is 0 Å². The number of carbonyl (C=O) groups is 1. The molecule has 0 aliphatic heterocycles. The van der Waals surface area contributed by atoms with E-state index in [1.54, 1.807) is 0 Å². The fraction of sp³-hybridized carbons (Fsp3) is 0.462. The molecule has 0 fully saturated rings. The minimum atomic E-state index is -0.891. The van der Waals surface area contributed by atoms with Crippen molar-refractivity contribution in [2.45, 2.75) is 11.8 Å². The molecular weight excluding hydrogens is 250 g/mol. The number of benzene rings is 1. The number of aromatic carboxylic acids is 1. The number of hydrogen-bond acceptors (Lipinski definition) is 4. The minimum Gasteiger partial charge on any atom is -0.478 e. The van der Waals surface area contributed by atoms with Crippen molar-refractivity contribution in [2.75, 3.05) is 38.0 Å². The third-order valence-corrected chi connectivity index (χ3v) is 3.40. The van der Waals surface area contributed by atoms with Crippen molar-refractivity contribution >= 4 is 23.4 Å². The molecule has 0 aliphatic carbocycles. The predicted octanol–water partition coefficient (Wildman–Crippen LogP) is 2.58. The molecular formula is C13H19NO3S. The molecule has 1 N–H and O–H groups in total. The Morgan fingerprint density at radius 2 is 2.22 bits per heavy atom. The Bertz CT molecular complexity index is 409. The molecule has 0 aromatic heterocycles. The van der Waals surface area contributed by atoms with E-state index in [0.29, 0.717) is 25.3 Å². The highest BCUT2D eigenvalue weighted by atomic mass is 32.2. The van der Waals surface area contributed by atoms with Crippen LogP contribution in [0.5, 0.6) is 0 Å². The zero-order valence-corrected chi connectivity index (χ0v) is 11.8. The number of carboxylic acid groups (broad SMARTS) is 1. The Balaban J connectivity index is 2.96. The van der Waals surface area contributed by atoms with Crippen LogP contribution in [0.4, 0.5) is 5.69 Å². The van der Waals surface area contributed by atoms with Gasteiger partial charge in [-0.25, -0.2) is 4.79 Å². The number of nitrogens with zero attached hydrogens (tertiary/aromatic N) is 1. The number of rotatable bonds is 7. The van der Waals surface area contributed by atoms with Crippen molar-refractivity contribution in [2.24, 2.45) is 0 Å². The highest BCUT2D eigenvalue weighted by molar-refractivity contribution is 7.98. The van der Waals surface area contributed by atoms with Gasteiger partial charge in [-0.15, -0.1) is 11.8 Å². The van der Waals surface area contributed by atoms with Crippen LogP contribution in [0.3, 0.4) is 0 Å². The molecule has 0 heterocycles. The molecule has 1 aromatic rings. The predicted molar refractivity (Wildman–Crippen MR) is 74.9 cm³/mol. The van der Waals surface area contributed by atoms with Gasteiger partial charge >= 0.3 is 5.97 Å².